The van der Waals surface area contributed by atoms with E-state index < -0.39 is 15.9 Å². The van der Waals surface area contributed by atoms with Crippen LogP contribution in [0.5, 0.6) is 0 Å². The first kappa shape index (κ1) is 26.5. The summed E-state index contributed by atoms with van der Waals surface area (Å²) in [4.78, 5) is 12.5. The summed E-state index contributed by atoms with van der Waals surface area (Å²) in [6, 6.07) is 22.4. The van der Waals surface area contributed by atoms with Crippen LogP contribution in [-0.4, -0.2) is 26.8 Å². The van der Waals surface area contributed by atoms with Gasteiger partial charge in [-0.15, -0.1) is 0 Å². The molecule has 0 radical (unpaired) electrons. The van der Waals surface area contributed by atoms with Crippen molar-refractivity contribution in [1.29, 1.82) is 0 Å². The molecule has 0 saturated heterocycles. The number of hydrazone groups is 1. The number of carbonyl (C=O) groups excluding carboxylic acids is 1. The van der Waals surface area contributed by atoms with E-state index in [0.717, 1.165) is 17.4 Å². The van der Waals surface area contributed by atoms with Crippen LogP contribution >= 0.6 is 23.2 Å². The number of rotatable bonds is 8. The molecule has 1 N–H and O–H groups in total. The predicted octanol–water partition coefficient (Wildman–Crippen LogP) is 6.29. The van der Waals surface area contributed by atoms with Crippen LogP contribution in [0.4, 0.5) is 5.69 Å². The van der Waals surface area contributed by atoms with Gasteiger partial charge in [0.05, 0.1) is 29.7 Å². The third-order valence-corrected chi connectivity index (χ3v) is 7.13. The molecule has 0 spiro atoms. The molecule has 37 heavy (non-hydrogen) atoms. The molecule has 0 fully saturated rings. The summed E-state index contributed by atoms with van der Waals surface area (Å²) in [7, 11) is -3.54. The second kappa shape index (κ2) is 11.2. The van der Waals surface area contributed by atoms with Crippen LogP contribution in [0, 0.1) is 6.92 Å². The Bertz CT molecular complexity index is 1550. The SMILES string of the molecule is Cc1ccc(CN(c2ccc(C(=O)N/N=C\c3ccc(-c4ccc(Cl)cc4Cl)o3)cc2)S(C)(=O)=O)cc1. The van der Waals surface area contributed by atoms with E-state index in [1.54, 1.807) is 54.6 Å². The monoisotopic (exact) mass is 555 g/mol. The van der Waals surface area contributed by atoms with Crippen molar-refractivity contribution in [3.05, 3.63) is 111 Å². The Kier molecular flexibility index (Phi) is 8.02. The minimum atomic E-state index is -3.54. The van der Waals surface area contributed by atoms with Crippen molar-refractivity contribution in [2.45, 2.75) is 13.5 Å². The van der Waals surface area contributed by atoms with E-state index in [1.807, 2.05) is 31.2 Å². The van der Waals surface area contributed by atoms with Gasteiger partial charge in [-0.1, -0.05) is 53.0 Å². The highest BCUT2D eigenvalue weighted by Gasteiger charge is 2.18. The Hall–Kier alpha value is -3.59. The van der Waals surface area contributed by atoms with Gasteiger partial charge in [0, 0.05) is 16.1 Å². The molecule has 1 amide bonds. The first-order valence-electron chi connectivity index (χ1n) is 11.1. The lowest BCUT2D eigenvalue weighted by Gasteiger charge is -2.22. The Morgan fingerprint density at radius 2 is 1.70 bits per heavy atom. The molecule has 0 unspecified atom stereocenters. The largest absolute Gasteiger partial charge is 0.455 e. The summed E-state index contributed by atoms with van der Waals surface area (Å²) >= 11 is 12.2. The molecule has 7 nitrogen and oxygen atoms in total. The standard InChI is InChI=1S/C27H23Cl2N3O4S/c1-18-3-5-19(6-4-18)17-32(37(2,34)35)22-10-7-20(8-11-22)27(33)31-30-16-23-12-14-26(36-23)24-13-9-21(28)15-25(24)29/h3-16H,17H2,1-2H3,(H,31,33)/b30-16-. The number of carbonyl (C=O) groups is 1. The predicted molar refractivity (Wildman–Crippen MR) is 148 cm³/mol. The normalized spacial score (nSPS) is 11.6. The molecule has 0 atom stereocenters. The summed E-state index contributed by atoms with van der Waals surface area (Å²) in [6.45, 7) is 2.15. The molecule has 0 aliphatic rings. The lowest BCUT2D eigenvalue weighted by molar-refractivity contribution is 0.0955. The van der Waals surface area contributed by atoms with Crippen molar-refractivity contribution >= 4 is 51.0 Å². The van der Waals surface area contributed by atoms with E-state index in [0.29, 0.717) is 38.4 Å². The van der Waals surface area contributed by atoms with Crippen LogP contribution < -0.4 is 9.73 Å². The maximum Gasteiger partial charge on any atom is 0.271 e. The highest BCUT2D eigenvalue weighted by molar-refractivity contribution is 7.92. The van der Waals surface area contributed by atoms with Gasteiger partial charge in [0.25, 0.3) is 5.91 Å². The van der Waals surface area contributed by atoms with Gasteiger partial charge in [-0.2, -0.15) is 5.10 Å². The van der Waals surface area contributed by atoms with Crippen LogP contribution in [0.15, 0.2) is 88.4 Å². The molecule has 4 rings (SSSR count). The molecule has 4 aromatic rings. The number of anilines is 1. The molecular formula is C27H23Cl2N3O4S. The second-order valence-corrected chi connectivity index (χ2v) is 11.1. The van der Waals surface area contributed by atoms with E-state index in [2.05, 4.69) is 10.5 Å². The smallest absolute Gasteiger partial charge is 0.271 e. The Labute approximate surface area is 225 Å². The first-order valence-corrected chi connectivity index (χ1v) is 13.7. The number of benzene rings is 3. The van der Waals surface area contributed by atoms with Crippen molar-refractivity contribution in [2.75, 3.05) is 10.6 Å². The van der Waals surface area contributed by atoms with Crippen molar-refractivity contribution in [3.63, 3.8) is 0 Å². The number of halogens is 2. The fraction of sp³-hybridized carbons (Fsp3) is 0.111. The number of nitrogens with one attached hydrogen (secondary N) is 1. The highest BCUT2D eigenvalue weighted by atomic mass is 35.5. The van der Waals surface area contributed by atoms with Crippen molar-refractivity contribution in [3.8, 4) is 11.3 Å². The minimum Gasteiger partial charge on any atom is -0.455 e. The van der Waals surface area contributed by atoms with Gasteiger partial charge in [-0.3, -0.25) is 9.10 Å². The van der Waals surface area contributed by atoms with Gasteiger partial charge in [-0.25, -0.2) is 13.8 Å². The summed E-state index contributed by atoms with van der Waals surface area (Å²) in [5.74, 6) is 0.488. The summed E-state index contributed by atoms with van der Waals surface area (Å²) < 4.78 is 31.9. The number of amides is 1. The highest BCUT2D eigenvalue weighted by Crippen LogP contribution is 2.31. The van der Waals surface area contributed by atoms with E-state index in [1.165, 1.54) is 10.5 Å². The number of sulfonamides is 1. The lowest BCUT2D eigenvalue weighted by atomic mass is 10.1. The summed E-state index contributed by atoms with van der Waals surface area (Å²) in [5.41, 5.74) is 5.83. The van der Waals surface area contributed by atoms with Gasteiger partial charge in [-0.05, 0) is 67.1 Å². The molecule has 0 aliphatic carbocycles. The molecule has 0 bridgehead atoms. The van der Waals surface area contributed by atoms with Crippen LogP contribution in [0.3, 0.4) is 0 Å². The van der Waals surface area contributed by atoms with Gasteiger partial charge >= 0.3 is 0 Å². The zero-order chi connectivity index (χ0) is 26.6. The number of hydrogen-bond acceptors (Lipinski definition) is 5. The van der Waals surface area contributed by atoms with Gasteiger partial charge < -0.3 is 4.42 Å². The van der Waals surface area contributed by atoms with E-state index in [4.69, 9.17) is 27.6 Å². The van der Waals surface area contributed by atoms with E-state index in [-0.39, 0.29) is 6.54 Å². The zero-order valence-corrected chi connectivity index (χ0v) is 22.3. The van der Waals surface area contributed by atoms with E-state index >= 15 is 0 Å². The van der Waals surface area contributed by atoms with Crippen molar-refractivity contribution in [1.82, 2.24) is 5.43 Å². The topological polar surface area (TPSA) is 92.0 Å². The summed E-state index contributed by atoms with van der Waals surface area (Å²) in [5, 5.41) is 4.92. The Morgan fingerprint density at radius 1 is 1.00 bits per heavy atom. The molecule has 0 saturated carbocycles. The number of nitrogens with zero attached hydrogens (tertiary/aromatic N) is 2. The quantitative estimate of drug-likeness (QED) is 0.204. The van der Waals surface area contributed by atoms with Crippen LogP contribution in [0.1, 0.15) is 27.2 Å². The van der Waals surface area contributed by atoms with Crippen molar-refractivity contribution < 1.29 is 17.6 Å². The molecule has 10 heteroatoms. The number of furan rings is 1. The Morgan fingerprint density at radius 3 is 2.35 bits per heavy atom. The third-order valence-electron chi connectivity index (χ3n) is 5.45. The average Bonchev–Trinajstić information content (AvgIpc) is 3.31. The Balaban J connectivity index is 1.41. The van der Waals surface area contributed by atoms with Gasteiger partial charge in [0.1, 0.15) is 11.5 Å². The molecule has 3 aromatic carbocycles. The van der Waals surface area contributed by atoms with Crippen LogP contribution in [0.2, 0.25) is 10.0 Å². The maximum absolute atomic E-state index is 12.5. The molecule has 1 heterocycles. The third kappa shape index (κ3) is 6.80. The lowest BCUT2D eigenvalue weighted by Crippen LogP contribution is -2.29. The molecular weight excluding hydrogens is 533 g/mol. The van der Waals surface area contributed by atoms with Gasteiger partial charge in [0.2, 0.25) is 10.0 Å². The molecule has 190 valence electrons. The average molecular weight is 556 g/mol. The number of aryl methyl sites for hydroxylation is 1. The van der Waals surface area contributed by atoms with Crippen LogP contribution in [0.25, 0.3) is 11.3 Å². The summed E-state index contributed by atoms with van der Waals surface area (Å²) in [6.07, 6.45) is 2.52. The fourth-order valence-electron chi connectivity index (χ4n) is 3.51. The maximum atomic E-state index is 12.5. The zero-order valence-electron chi connectivity index (χ0n) is 20.0. The fourth-order valence-corrected chi connectivity index (χ4v) is 4.90. The minimum absolute atomic E-state index is 0.182. The van der Waals surface area contributed by atoms with Crippen LogP contribution in [-0.2, 0) is 16.6 Å². The number of hydrogen-bond donors (Lipinski definition) is 1. The van der Waals surface area contributed by atoms with E-state index in [9.17, 15) is 13.2 Å². The first-order chi connectivity index (χ1) is 17.6. The molecule has 0 aliphatic heterocycles. The molecule has 1 aromatic heterocycles. The van der Waals surface area contributed by atoms with Crippen molar-refractivity contribution in [2.24, 2.45) is 5.10 Å². The second-order valence-electron chi connectivity index (χ2n) is 8.33. The van der Waals surface area contributed by atoms with Gasteiger partial charge in [0.15, 0.2) is 0 Å².